The first-order valence-corrected chi connectivity index (χ1v) is 9.99. The second kappa shape index (κ2) is 9.49. The number of carboxylic acid groups (broad SMARTS) is 1. The average Bonchev–Trinajstić information content (AvgIpc) is 2.62. The van der Waals surface area contributed by atoms with Gasteiger partial charge in [0.25, 0.3) is 5.92 Å². The smallest absolute Gasteiger partial charge is 0.334 e. The van der Waals surface area contributed by atoms with Gasteiger partial charge in [0.2, 0.25) is 0 Å². The van der Waals surface area contributed by atoms with Crippen LogP contribution in [-0.2, 0) is 10.7 Å². The Kier molecular flexibility index (Phi) is 7.57. The predicted molar refractivity (Wildman–Crippen MR) is 102 cm³/mol. The number of hydrogen-bond acceptors (Lipinski definition) is 3. The molecule has 1 atom stereocenters. The van der Waals surface area contributed by atoms with Gasteiger partial charge in [-0.3, -0.25) is 0 Å². The van der Waals surface area contributed by atoms with E-state index in [9.17, 15) is 27.5 Å². The van der Waals surface area contributed by atoms with Crippen LogP contribution in [0.5, 0.6) is 0 Å². The molecule has 0 amide bonds. The number of carboxylic acids is 1. The van der Waals surface area contributed by atoms with Gasteiger partial charge < -0.3 is 10.0 Å². The molecule has 0 saturated carbocycles. The van der Waals surface area contributed by atoms with E-state index in [1.165, 1.54) is 6.08 Å². The van der Waals surface area contributed by atoms with Crippen molar-refractivity contribution in [2.75, 3.05) is 12.3 Å². The first-order valence-electron chi connectivity index (χ1n) is 8.94. The highest BCUT2D eigenvalue weighted by molar-refractivity contribution is 8.00. The van der Waals surface area contributed by atoms with Crippen LogP contribution >= 0.6 is 11.8 Å². The summed E-state index contributed by atoms with van der Waals surface area (Å²) in [6.45, 7) is 4.70. The van der Waals surface area contributed by atoms with Crippen LogP contribution in [0, 0.1) is 17.6 Å². The molecule has 8 heteroatoms. The zero-order valence-electron chi connectivity index (χ0n) is 15.7. The maximum Gasteiger partial charge on any atom is 0.334 e. The van der Waals surface area contributed by atoms with E-state index in [2.05, 4.69) is 0 Å². The molecule has 0 saturated heterocycles. The molecule has 0 bridgehead atoms. The highest BCUT2D eigenvalue weighted by atomic mass is 32.2. The van der Waals surface area contributed by atoms with Gasteiger partial charge in [-0.05, 0) is 42.7 Å². The second-order valence-corrected chi connectivity index (χ2v) is 8.18. The summed E-state index contributed by atoms with van der Waals surface area (Å²) < 4.78 is 55.0. The molecule has 3 nitrogen and oxygen atoms in total. The largest absolute Gasteiger partial charge is 0.478 e. The molecule has 0 spiro atoms. The lowest BCUT2D eigenvalue weighted by Gasteiger charge is -2.33. The number of hydrogen-bond donors (Lipinski definition) is 1. The molecule has 0 fully saturated rings. The predicted octanol–water partition coefficient (Wildman–Crippen LogP) is 5.39. The molecular formula is C20H23F4NO2S. The SMILES string of the molecule is CC(C)CCN1C=CC=C(C(=O)O)C1SCCC(F)(F)c1ccc(F)c(F)c1. The molecule has 28 heavy (non-hydrogen) atoms. The summed E-state index contributed by atoms with van der Waals surface area (Å²) in [6.07, 6.45) is 5.09. The zero-order chi connectivity index (χ0) is 20.9. The summed E-state index contributed by atoms with van der Waals surface area (Å²) in [4.78, 5) is 13.4. The van der Waals surface area contributed by atoms with Crippen molar-refractivity contribution >= 4 is 17.7 Å². The number of halogens is 4. The average molecular weight is 417 g/mol. The summed E-state index contributed by atoms with van der Waals surface area (Å²) in [6, 6.07) is 2.04. The number of thioether (sulfide) groups is 1. The van der Waals surface area contributed by atoms with Gasteiger partial charge in [-0.25, -0.2) is 22.4 Å². The van der Waals surface area contributed by atoms with Crippen molar-refractivity contribution in [2.45, 2.75) is 38.0 Å². The summed E-state index contributed by atoms with van der Waals surface area (Å²) in [5.74, 6) is -6.58. The minimum atomic E-state index is -3.35. The van der Waals surface area contributed by atoms with Gasteiger partial charge in [0.15, 0.2) is 11.6 Å². The van der Waals surface area contributed by atoms with E-state index in [0.29, 0.717) is 24.6 Å². The van der Waals surface area contributed by atoms with Crippen molar-refractivity contribution in [3.05, 3.63) is 59.3 Å². The van der Waals surface area contributed by atoms with Crippen LogP contribution < -0.4 is 0 Å². The molecule has 1 unspecified atom stereocenters. The maximum absolute atomic E-state index is 14.4. The highest BCUT2D eigenvalue weighted by Crippen LogP contribution is 2.36. The number of allylic oxidation sites excluding steroid dienone is 2. The first-order chi connectivity index (χ1) is 13.1. The zero-order valence-corrected chi connectivity index (χ0v) is 16.5. The van der Waals surface area contributed by atoms with Gasteiger partial charge in [-0.15, -0.1) is 11.8 Å². The van der Waals surface area contributed by atoms with Gasteiger partial charge in [0.1, 0.15) is 5.37 Å². The Morgan fingerprint density at radius 3 is 2.61 bits per heavy atom. The number of benzene rings is 1. The van der Waals surface area contributed by atoms with E-state index in [1.807, 2.05) is 18.7 Å². The number of alkyl halides is 2. The molecule has 0 radical (unpaired) electrons. The number of rotatable bonds is 9. The van der Waals surface area contributed by atoms with Gasteiger partial charge in [-0.1, -0.05) is 13.8 Å². The third-order valence-corrected chi connectivity index (χ3v) is 5.65. The Morgan fingerprint density at radius 2 is 2.00 bits per heavy atom. The Hall–Kier alpha value is -1.96. The molecule has 1 aliphatic rings. The lowest BCUT2D eigenvalue weighted by Crippen LogP contribution is -2.36. The topological polar surface area (TPSA) is 40.5 Å². The van der Waals surface area contributed by atoms with E-state index in [0.717, 1.165) is 24.2 Å². The summed E-state index contributed by atoms with van der Waals surface area (Å²) >= 11 is 1.10. The van der Waals surface area contributed by atoms with Gasteiger partial charge >= 0.3 is 5.97 Å². The van der Waals surface area contributed by atoms with Crippen LogP contribution in [0.15, 0.2) is 42.1 Å². The summed E-state index contributed by atoms with van der Waals surface area (Å²) in [7, 11) is 0. The molecular weight excluding hydrogens is 394 g/mol. The van der Waals surface area contributed by atoms with E-state index in [4.69, 9.17) is 0 Å². The molecule has 1 aromatic rings. The van der Waals surface area contributed by atoms with Crippen molar-refractivity contribution in [1.29, 1.82) is 0 Å². The summed E-state index contributed by atoms with van der Waals surface area (Å²) in [5.41, 5.74) is -0.464. The normalized spacial score (nSPS) is 17.2. The lowest BCUT2D eigenvalue weighted by molar-refractivity contribution is -0.133. The fourth-order valence-electron chi connectivity index (χ4n) is 2.72. The molecule has 1 aliphatic heterocycles. The fraction of sp³-hybridized carbons (Fsp3) is 0.450. The van der Waals surface area contributed by atoms with Gasteiger partial charge in [-0.2, -0.15) is 0 Å². The Labute approximate surface area is 166 Å². The Morgan fingerprint density at radius 1 is 1.29 bits per heavy atom. The standard InChI is InChI=1S/C20H23F4NO2S/c1-13(2)7-10-25-9-3-4-15(19(26)27)18(25)28-11-8-20(23,24)14-5-6-16(21)17(22)12-14/h3-6,9,12-13,18H,7-8,10-11H2,1-2H3,(H,26,27). The van der Waals surface area contributed by atoms with Gasteiger partial charge in [0, 0.05) is 30.5 Å². The van der Waals surface area contributed by atoms with Crippen LogP contribution in [0.25, 0.3) is 0 Å². The fourth-order valence-corrected chi connectivity index (χ4v) is 4.05. The minimum absolute atomic E-state index is 0.0483. The van der Waals surface area contributed by atoms with Crippen LogP contribution in [0.1, 0.15) is 32.3 Å². The molecule has 0 aromatic heterocycles. The lowest BCUT2D eigenvalue weighted by atomic mass is 10.1. The van der Waals surface area contributed by atoms with E-state index >= 15 is 0 Å². The number of carbonyl (C=O) groups is 1. The molecule has 154 valence electrons. The maximum atomic E-state index is 14.4. The number of aliphatic carboxylic acids is 1. The van der Waals surface area contributed by atoms with E-state index in [-0.39, 0.29) is 11.3 Å². The summed E-state index contributed by atoms with van der Waals surface area (Å²) in [5, 5.41) is 8.85. The third kappa shape index (κ3) is 5.77. The minimum Gasteiger partial charge on any atom is -0.478 e. The van der Waals surface area contributed by atoms with Crippen LogP contribution in [-0.4, -0.2) is 33.6 Å². The van der Waals surface area contributed by atoms with Crippen molar-refractivity contribution in [3.8, 4) is 0 Å². The van der Waals surface area contributed by atoms with Crippen molar-refractivity contribution in [2.24, 2.45) is 5.92 Å². The monoisotopic (exact) mass is 417 g/mol. The van der Waals surface area contributed by atoms with Crippen molar-refractivity contribution < 1.29 is 27.5 Å². The second-order valence-electron chi connectivity index (χ2n) is 7.00. The van der Waals surface area contributed by atoms with E-state index in [1.54, 1.807) is 12.3 Å². The molecule has 1 N–H and O–H groups in total. The highest BCUT2D eigenvalue weighted by Gasteiger charge is 2.34. The molecule has 1 heterocycles. The first kappa shape index (κ1) is 22.3. The van der Waals surface area contributed by atoms with Crippen molar-refractivity contribution in [1.82, 2.24) is 4.90 Å². The number of nitrogens with zero attached hydrogens (tertiary/aromatic N) is 1. The Bertz CT molecular complexity index is 765. The molecule has 2 rings (SSSR count). The van der Waals surface area contributed by atoms with E-state index < -0.39 is 40.9 Å². The molecule has 0 aliphatic carbocycles. The third-order valence-electron chi connectivity index (χ3n) is 4.37. The molecule has 1 aromatic carbocycles. The van der Waals surface area contributed by atoms with Crippen LogP contribution in [0.3, 0.4) is 0 Å². The quantitative estimate of drug-likeness (QED) is 0.547. The Balaban J connectivity index is 2.05. The van der Waals surface area contributed by atoms with Crippen molar-refractivity contribution in [3.63, 3.8) is 0 Å². The van der Waals surface area contributed by atoms with Gasteiger partial charge in [0.05, 0.1) is 5.57 Å². The van der Waals surface area contributed by atoms with Crippen LogP contribution in [0.2, 0.25) is 0 Å². The van der Waals surface area contributed by atoms with Crippen LogP contribution in [0.4, 0.5) is 17.6 Å².